The quantitative estimate of drug-likeness (QED) is 0.821. The molecule has 0 bridgehead atoms. The molecule has 0 aliphatic heterocycles. The number of nitrogens with one attached hydrogen (secondary N) is 1. The molecule has 104 valence electrons. The summed E-state index contributed by atoms with van der Waals surface area (Å²) in [5, 5.41) is 4.31. The summed E-state index contributed by atoms with van der Waals surface area (Å²) in [4.78, 5) is 12.8. The molecule has 3 rings (SSSR count). The zero-order valence-corrected chi connectivity index (χ0v) is 12.3. The molecule has 2 aromatic rings. The Balaban J connectivity index is 1.67. The second-order valence-corrected chi connectivity index (χ2v) is 6.42. The van der Waals surface area contributed by atoms with Crippen molar-refractivity contribution in [3.63, 3.8) is 0 Å². The monoisotopic (exact) mass is 286 g/mol. The summed E-state index contributed by atoms with van der Waals surface area (Å²) in [6.07, 6.45) is 2.03. The van der Waals surface area contributed by atoms with Gasteiger partial charge in [0.25, 0.3) is 0 Å². The lowest BCUT2D eigenvalue weighted by atomic mass is 10.1. The predicted molar refractivity (Wildman–Crippen MR) is 84.3 cm³/mol. The fraction of sp³-hybridized carbons (Fsp3) is 0.312. The van der Waals surface area contributed by atoms with Crippen LogP contribution in [0.2, 0.25) is 0 Å². The molecular formula is C16H18N2OS. The molecule has 1 aromatic carbocycles. The van der Waals surface area contributed by atoms with Gasteiger partial charge in [0.1, 0.15) is 0 Å². The van der Waals surface area contributed by atoms with Crippen LogP contribution < -0.4 is 11.1 Å². The van der Waals surface area contributed by atoms with E-state index in [4.69, 9.17) is 5.73 Å². The van der Waals surface area contributed by atoms with Crippen molar-refractivity contribution in [2.75, 3.05) is 11.1 Å². The molecule has 1 aliphatic carbocycles. The van der Waals surface area contributed by atoms with Gasteiger partial charge in [0.15, 0.2) is 5.78 Å². The van der Waals surface area contributed by atoms with Crippen molar-refractivity contribution >= 4 is 27.8 Å². The average molecular weight is 286 g/mol. The zero-order valence-electron chi connectivity index (χ0n) is 11.5. The molecule has 0 spiro atoms. The van der Waals surface area contributed by atoms with Crippen LogP contribution in [0.25, 0.3) is 0 Å². The third-order valence-corrected chi connectivity index (χ3v) is 4.64. The SMILES string of the molecule is Cc1ccc(CNc2cc(N)c(C(=O)C3CC3)s2)cc1. The number of benzene rings is 1. The number of carbonyl (C=O) groups is 1. The fourth-order valence-corrected chi connectivity index (χ4v) is 3.11. The summed E-state index contributed by atoms with van der Waals surface area (Å²) >= 11 is 1.47. The molecule has 3 nitrogen and oxygen atoms in total. The summed E-state index contributed by atoms with van der Waals surface area (Å²) in [6.45, 7) is 2.82. The van der Waals surface area contributed by atoms with Crippen molar-refractivity contribution in [3.8, 4) is 0 Å². The van der Waals surface area contributed by atoms with Gasteiger partial charge in [0.2, 0.25) is 0 Å². The van der Waals surface area contributed by atoms with Gasteiger partial charge in [-0.3, -0.25) is 4.79 Å². The Labute approximate surface area is 122 Å². The second kappa shape index (κ2) is 5.29. The molecule has 1 heterocycles. The first kappa shape index (κ1) is 13.2. The smallest absolute Gasteiger partial charge is 0.178 e. The van der Waals surface area contributed by atoms with Crippen LogP contribution >= 0.6 is 11.3 Å². The largest absolute Gasteiger partial charge is 0.397 e. The van der Waals surface area contributed by atoms with Crippen LogP contribution in [0.3, 0.4) is 0 Å². The van der Waals surface area contributed by atoms with E-state index in [1.165, 1.54) is 22.5 Å². The van der Waals surface area contributed by atoms with Gasteiger partial charge in [-0.1, -0.05) is 29.8 Å². The number of rotatable bonds is 5. The Morgan fingerprint density at radius 1 is 1.35 bits per heavy atom. The van der Waals surface area contributed by atoms with Crippen molar-refractivity contribution in [1.82, 2.24) is 0 Å². The van der Waals surface area contributed by atoms with Crippen LogP contribution in [0.5, 0.6) is 0 Å². The number of Topliss-reactive ketones (excluding diaryl/α,β-unsaturated/α-hetero) is 1. The molecular weight excluding hydrogens is 268 g/mol. The van der Waals surface area contributed by atoms with Gasteiger partial charge in [0, 0.05) is 12.5 Å². The number of hydrogen-bond donors (Lipinski definition) is 2. The molecule has 0 atom stereocenters. The van der Waals surface area contributed by atoms with Crippen molar-refractivity contribution < 1.29 is 4.79 Å². The molecule has 0 amide bonds. The van der Waals surface area contributed by atoms with Gasteiger partial charge in [-0.25, -0.2) is 0 Å². The second-order valence-electron chi connectivity index (χ2n) is 5.37. The van der Waals surface area contributed by atoms with E-state index in [1.807, 2.05) is 6.07 Å². The van der Waals surface area contributed by atoms with E-state index < -0.39 is 0 Å². The number of hydrogen-bond acceptors (Lipinski definition) is 4. The van der Waals surface area contributed by atoms with E-state index in [9.17, 15) is 4.79 Å². The van der Waals surface area contributed by atoms with Crippen molar-refractivity contribution in [1.29, 1.82) is 0 Å². The summed E-state index contributed by atoms with van der Waals surface area (Å²) in [5.74, 6) is 0.441. The Kier molecular flexibility index (Phi) is 3.49. The van der Waals surface area contributed by atoms with Gasteiger partial charge >= 0.3 is 0 Å². The lowest BCUT2D eigenvalue weighted by Crippen LogP contribution is -2.01. The van der Waals surface area contributed by atoms with E-state index in [0.717, 1.165) is 29.3 Å². The van der Waals surface area contributed by atoms with Crippen molar-refractivity contribution in [2.45, 2.75) is 26.3 Å². The molecule has 0 unspecified atom stereocenters. The molecule has 1 aromatic heterocycles. The van der Waals surface area contributed by atoms with Crippen molar-refractivity contribution in [3.05, 3.63) is 46.3 Å². The van der Waals surface area contributed by atoms with Crippen molar-refractivity contribution in [2.24, 2.45) is 5.92 Å². The number of anilines is 2. The van der Waals surface area contributed by atoms with Crippen LogP contribution in [-0.4, -0.2) is 5.78 Å². The van der Waals surface area contributed by atoms with Crippen LogP contribution in [0, 0.1) is 12.8 Å². The Morgan fingerprint density at radius 3 is 2.70 bits per heavy atom. The Bertz CT molecular complexity index is 626. The number of nitrogens with two attached hydrogens (primary N) is 1. The van der Waals surface area contributed by atoms with Crippen LogP contribution in [0.1, 0.15) is 33.6 Å². The number of ketones is 1. The molecule has 1 saturated carbocycles. The number of carbonyl (C=O) groups excluding carboxylic acids is 1. The summed E-state index contributed by atoms with van der Waals surface area (Å²) in [6, 6.07) is 10.3. The third-order valence-electron chi connectivity index (χ3n) is 3.52. The highest BCUT2D eigenvalue weighted by atomic mass is 32.1. The van der Waals surface area contributed by atoms with Crippen LogP contribution in [0.4, 0.5) is 10.7 Å². The minimum absolute atomic E-state index is 0.218. The molecule has 4 heteroatoms. The zero-order chi connectivity index (χ0) is 14.1. The maximum Gasteiger partial charge on any atom is 0.178 e. The molecule has 20 heavy (non-hydrogen) atoms. The normalized spacial score (nSPS) is 14.2. The summed E-state index contributed by atoms with van der Waals surface area (Å²) < 4.78 is 0. The highest BCUT2D eigenvalue weighted by molar-refractivity contribution is 7.18. The lowest BCUT2D eigenvalue weighted by molar-refractivity contribution is 0.0972. The maximum atomic E-state index is 12.1. The minimum Gasteiger partial charge on any atom is -0.397 e. The highest BCUT2D eigenvalue weighted by Gasteiger charge is 2.32. The number of aryl methyl sites for hydroxylation is 1. The van der Waals surface area contributed by atoms with Gasteiger partial charge in [-0.15, -0.1) is 11.3 Å². The topological polar surface area (TPSA) is 55.1 Å². The van der Waals surface area contributed by atoms with Crippen LogP contribution in [0.15, 0.2) is 30.3 Å². The molecule has 1 fully saturated rings. The summed E-state index contributed by atoms with van der Waals surface area (Å²) in [5.41, 5.74) is 9.03. The first-order valence-corrected chi connectivity index (χ1v) is 7.68. The molecule has 0 saturated heterocycles. The Morgan fingerprint density at radius 2 is 2.05 bits per heavy atom. The van der Waals surface area contributed by atoms with Gasteiger partial charge in [-0.05, 0) is 31.4 Å². The van der Waals surface area contributed by atoms with Gasteiger partial charge < -0.3 is 11.1 Å². The van der Waals surface area contributed by atoms with E-state index in [1.54, 1.807) is 0 Å². The number of nitrogen functional groups attached to an aromatic ring is 1. The van der Waals surface area contributed by atoms with Gasteiger partial charge in [-0.2, -0.15) is 0 Å². The summed E-state index contributed by atoms with van der Waals surface area (Å²) in [7, 11) is 0. The van der Waals surface area contributed by atoms with E-state index in [2.05, 4.69) is 36.5 Å². The fourth-order valence-electron chi connectivity index (χ4n) is 2.11. The van der Waals surface area contributed by atoms with E-state index in [-0.39, 0.29) is 11.7 Å². The van der Waals surface area contributed by atoms with E-state index >= 15 is 0 Å². The van der Waals surface area contributed by atoms with Gasteiger partial charge in [0.05, 0.1) is 15.6 Å². The molecule has 0 radical (unpaired) electrons. The highest BCUT2D eigenvalue weighted by Crippen LogP contribution is 2.38. The average Bonchev–Trinajstić information content (AvgIpc) is 3.21. The van der Waals surface area contributed by atoms with Crippen LogP contribution in [-0.2, 0) is 6.54 Å². The molecule has 3 N–H and O–H groups in total. The minimum atomic E-state index is 0.218. The standard InChI is InChI=1S/C16H18N2OS/c1-10-2-4-11(5-3-10)9-18-14-8-13(17)16(20-14)15(19)12-6-7-12/h2-5,8,12,18H,6-7,9,17H2,1H3. The first-order chi connectivity index (χ1) is 9.63. The van der Waals surface area contributed by atoms with E-state index in [0.29, 0.717) is 5.69 Å². The number of thiophene rings is 1. The first-order valence-electron chi connectivity index (χ1n) is 6.86. The molecule has 1 aliphatic rings. The Hall–Kier alpha value is -1.81. The maximum absolute atomic E-state index is 12.1. The predicted octanol–water partition coefficient (Wildman–Crippen LogP) is 3.84. The third kappa shape index (κ3) is 2.85. The lowest BCUT2D eigenvalue weighted by Gasteiger charge is -2.03.